The van der Waals surface area contributed by atoms with Crippen LogP contribution >= 0.6 is 0 Å². The number of nitrogens with one attached hydrogen (secondary N) is 1. The van der Waals surface area contributed by atoms with Crippen molar-refractivity contribution < 1.29 is 29.1 Å². The van der Waals surface area contributed by atoms with Crippen LogP contribution in [0.15, 0.2) is 24.3 Å². The lowest BCUT2D eigenvalue weighted by atomic mass is 10.1. The van der Waals surface area contributed by atoms with Crippen molar-refractivity contribution in [2.45, 2.75) is 25.3 Å². The molecular formula is C16H16N2O6. The fourth-order valence-electron chi connectivity index (χ4n) is 2.54. The number of amides is 3. The van der Waals surface area contributed by atoms with Gasteiger partial charge in [0.05, 0.1) is 11.1 Å². The lowest BCUT2D eigenvalue weighted by Crippen LogP contribution is -2.50. The van der Waals surface area contributed by atoms with Crippen LogP contribution in [0.4, 0.5) is 0 Å². The number of carbonyl (C=O) groups excluding carboxylic acids is 4. The van der Waals surface area contributed by atoms with Crippen molar-refractivity contribution in [2.75, 3.05) is 6.54 Å². The monoisotopic (exact) mass is 332 g/mol. The maximum Gasteiger partial charge on any atom is 0.322 e. The van der Waals surface area contributed by atoms with Gasteiger partial charge in [0.1, 0.15) is 18.9 Å². The summed E-state index contributed by atoms with van der Waals surface area (Å²) < 4.78 is 0. The van der Waals surface area contributed by atoms with Gasteiger partial charge in [0, 0.05) is 6.42 Å². The van der Waals surface area contributed by atoms with Crippen LogP contribution in [0.5, 0.6) is 0 Å². The molecule has 0 saturated carbocycles. The molecule has 1 aromatic carbocycles. The first kappa shape index (κ1) is 17.3. The van der Waals surface area contributed by atoms with Crippen LogP contribution < -0.4 is 5.32 Å². The maximum absolute atomic E-state index is 12.5. The third-order valence-electron chi connectivity index (χ3n) is 3.65. The maximum atomic E-state index is 12.5. The van der Waals surface area contributed by atoms with E-state index in [1.165, 1.54) is 12.1 Å². The predicted molar refractivity (Wildman–Crippen MR) is 81.3 cm³/mol. The summed E-state index contributed by atoms with van der Waals surface area (Å²) in [5.74, 6) is -3.18. The molecule has 0 bridgehead atoms. The number of fused-ring (bicyclic) bond motifs is 1. The van der Waals surface area contributed by atoms with E-state index < -0.39 is 36.3 Å². The molecule has 8 nitrogen and oxygen atoms in total. The molecule has 1 unspecified atom stereocenters. The normalized spacial score (nSPS) is 14.2. The highest BCUT2D eigenvalue weighted by atomic mass is 16.4. The van der Waals surface area contributed by atoms with Crippen LogP contribution in [0, 0.1) is 0 Å². The second-order valence-corrected chi connectivity index (χ2v) is 5.25. The Morgan fingerprint density at radius 3 is 2.25 bits per heavy atom. The number of imide groups is 1. The number of rotatable bonds is 8. The molecule has 0 fully saturated rings. The molecule has 0 saturated heterocycles. The summed E-state index contributed by atoms with van der Waals surface area (Å²) in [7, 11) is 0. The molecule has 3 amide bonds. The Morgan fingerprint density at radius 2 is 1.75 bits per heavy atom. The first-order valence-electron chi connectivity index (χ1n) is 7.37. The van der Waals surface area contributed by atoms with Crippen LogP contribution in [-0.2, 0) is 14.4 Å². The van der Waals surface area contributed by atoms with Crippen molar-refractivity contribution in [3.05, 3.63) is 35.4 Å². The summed E-state index contributed by atoms with van der Waals surface area (Å²) in [6, 6.07) is 5.05. The predicted octanol–water partition coefficient (Wildman–Crippen LogP) is 0.221. The number of hydrogen-bond donors (Lipinski definition) is 2. The topological polar surface area (TPSA) is 121 Å². The summed E-state index contributed by atoms with van der Waals surface area (Å²) in [6.45, 7) is -0.619. The standard InChI is InChI=1S/C16H16N2O6/c19-8-4-3-7-12(14(22)17-9-13(20)21)18-15(23)10-5-1-2-6-11(10)16(18)24/h1-2,5-6,8,12H,3-4,7,9H2,(H,17,22)(H,20,21). The number of aldehydes is 1. The van der Waals surface area contributed by atoms with Gasteiger partial charge in [-0.2, -0.15) is 0 Å². The summed E-state index contributed by atoms with van der Waals surface area (Å²) in [5, 5.41) is 10.8. The van der Waals surface area contributed by atoms with Crippen molar-refractivity contribution in [3.63, 3.8) is 0 Å². The van der Waals surface area contributed by atoms with Gasteiger partial charge in [-0.05, 0) is 25.0 Å². The highest BCUT2D eigenvalue weighted by Gasteiger charge is 2.42. The van der Waals surface area contributed by atoms with Gasteiger partial charge >= 0.3 is 5.97 Å². The highest BCUT2D eigenvalue weighted by molar-refractivity contribution is 6.22. The average Bonchev–Trinajstić information content (AvgIpc) is 2.82. The quantitative estimate of drug-likeness (QED) is 0.399. The minimum Gasteiger partial charge on any atom is -0.480 e. The number of carboxylic acid groups (broad SMARTS) is 1. The largest absolute Gasteiger partial charge is 0.480 e. The average molecular weight is 332 g/mol. The third-order valence-corrected chi connectivity index (χ3v) is 3.65. The Labute approximate surface area is 137 Å². The molecule has 0 aromatic heterocycles. The van der Waals surface area contributed by atoms with E-state index in [2.05, 4.69) is 5.32 Å². The van der Waals surface area contributed by atoms with E-state index in [4.69, 9.17) is 5.11 Å². The zero-order chi connectivity index (χ0) is 17.7. The van der Waals surface area contributed by atoms with E-state index in [0.29, 0.717) is 12.7 Å². The van der Waals surface area contributed by atoms with E-state index in [0.717, 1.165) is 4.90 Å². The van der Waals surface area contributed by atoms with E-state index in [-0.39, 0.29) is 24.0 Å². The highest BCUT2D eigenvalue weighted by Crippen LogP contribution is 2.26. The molecule has 1 aliphatic rings. The second-order valence-electron chi connectivity index (χ2n) is 5.25. The van der Waals surface area contributed by atoms with Crippen molar-refractivity contribution in [3.8, 4) is 0 Å². The van der Waals surface area contributed by atoms with Gasteiger partial charge in [-0.25, -0.2) is 0 Å². The molecule has 126 valence electrons. The first-order valence-corrected chi connectivity index (χ1v) is 7.37. The molecule has 24 heavy (non-hydrogen) atoms. The molecule has 2 N–H and O–H groups in total. The molecule has 0 aliphatic carbocycles. The van der Waals surface area contributed by atoms with Crippen LogP contribution in [-0.4, -0.2) is 52.6 Å². The number of carboxylic acids is 1. The van der Waals surface area contributed by atoms with Gasteiger partial charge in [0.25, 0.3) is 11.8 Å². The zero-order valence-electron chi connectivity index (χ0n) is 12.7. The number of carbonyl (C=O) groups is 5. The van der Waals surface area contributed by atoms with Crippen molar-refractivity contribution in [1.82, 2.24) is 10.2 Å². The van der Waals surface area contributed by atoms with Gasteiger partial charge in [-0.15, -0.1) is 0 Å². The van der Waals surface area contributed by atoms with Crippen LogP contribution in [0.1, 0.15) is 40.0 Å². The number of nitrogens with zero attached hydrogens (tertiary/aromatic N) is 1. The van der Waals surface area contributed by atoms with Crippen molar-refractivity contribution >= 4 is 30.0 Å². The summed E-state index contributed by atoms with van der Waals surface area (Å²) in [5.41, 5.74) is 0.405. The number of benzene rings is 1. The molecule has 8 heteroatoms. The summed E-state index contributed by atoms with van der Waals surface area (Å²) in [6.07, 6.45) is 1.22. The zero-order valence-corrected chi connectivity index (χ0v) is 12.7. The molecular weight excluding hydrogens is 316 g/mol. The molecule has 1 aliphatic heterocycles. The van der Waals surface area contributed by atoms with Crippen molar-refractivity contribution in [1.29, 1.82) is 0 Å². The van der Waals surface area contributed by atoms with Crippen LogP contribution in [0.25, 0.3) is 0 Å². The summed E-state index contributed by atoms with van der Waals surface area (Å²) >= 11 is 0. The molecule has 0 spiro atoms. The summed E-state index contributed by atoms with van der Waals surface area (Å²) in [4.78, 5) is 59.1. The fourth-order valence-corrected chi connectivity index (χ4v) is 2.54. The first-order chi connectivity index (χ1) is 11.5. The van der Waals surface area contributed by atoms with E-state index in [1.807, 2.05) is 0 Å². The number of hydrogen-bond acceptors (Lipinski definition) is 5. The van der Waals surface area contributed by atoms with Gasteiger partial charge in [-0.3, -0.25) is 24.1 Å². The minimum atomic E-state index is -1.24. The van der Waals surface area contributed by atoms with Crippen LogP contribution in [0.2, 0.25) is 0 Å². The molecule has 1 atom stereocenters. The SMILES string of the molecule is O=CCCCC(C(=O)NCC(=O)O)N1C(=O)c2ccccc2C1=O. The van der Waals surface area contributed by atoms with Gasteiger partial charge in [-0.1, -0.05) is 12.1 Å². The minimum absolute atomic E-state index is 0.0790. The van der Waals surface area contributed by atoms with Gasteiger partial charge < -0.3 is 15.2 Å². The second kappa shape index (κ2) is 7.49. The van der Waals surface area contributed by atoms with Crippen molar-refractivity contribution in [2.24, 2.45) is 0 Å². The van der Waals surface area contributed by atoms with Gasteiger partial charge in [0.15, 0.2) is 0 Å². The third kappa shape index (κ3) is 3.48. The van der Waals surface area contributed by atoms with E-state index in [9.17, 15) is 24.0 Å². The van der Waals surface area contributed by atoms with E-state index >= 15 is 0 Å². The van der Waals surface area contributed by atoms with Gasteiger partial charge in [0.2, 0.25) is 5.91 Å². The Morgan fingerprint density at radius 1 is 1.17 bits per heavy atom. The lowest BCUT2D eigenvalue weighted by Gasteiger charge is -2.25. The number of aliphatic carboxylic acids is 1. The number of unbranched alkanes of at least 4 members (excludes halogenated alkanes) is 1. The molecule has 2 rings (SSSR count). The van der Waals surface area contributed by atoms with Crippen LogP contribution in [0.3, 0.4) is 0 Å². The Balaban J connectivity index is 2.25. The lowest BCUT2D eigenvalue weighted by molar-refractivity contribution is -0.138. The smallest absolute Gasteiger partial charge is 0.322 e. The molecule has 1 aromatic rings. The Bertz CT molecular complexity index is 665. The van der Waals surface area contributed by atoms with E-state index in [1.54, 1.807) is 12.1 Å². The molecule has 1 heterocycles. The molecule has 0 radical (unpaired) electrons. The Hall–Kier alpha value is -3.03. The Kier molecular flexibility index (Phi) is 5.41. The fraction of sp³-hybridized carbons (Fsp3) is 0.312.